The van der Waals surface area contributed by atoms with Gasteiger partial charge in [-0.3, -0.25) is 30.3 Å². The second-order valence-corrected chi connectivity index (χ2v) is 6.14. The van der Waals surface area contributed by atoms with E-state index < -0.39 is 53.4 Å². The lowest BCUT2D eigenvalue weighted by molar-refractivity contribution is -0.402. The number of non-ortho nitro benzene ring substituents is 1. The lowest BCUT2D eigenvalue weighted by Crippen LogP contribution is -2.15. The normalized spacial score (nSPS) is 10.6. The molecule has 2 aromatic rings. The third kappa shape index (κ3) is 3.70. The molecule has 142 valence electrons. The van der Waals surface area contributed by atoms with Gasteiger partial charge >= 0.3 is 11.4 Å². The Morgan fingerprint density at radius 1 is 0.852 bits per heavy atom. The molecule has 14 heteroatoms. The molecule has 0 saturated heterocycles. The van der Waals surface area contributed by atoms with Crippen LogP contribution < -0.4 is 4.90 Å². The van der Waals surface area contributed by atoms with Gasteiger partial charge in [0, 0.05) is 7.05 Å². The van der Waals surface area contributed by atoms with E-state index in [-0.39, 0.29) is 10.7 Å². The van der Waals surface area contributed by atoms with E-state index in [1.807, 2.05) is 0 Å². The van der Waals surface area contributed by atoms with Crippen molar-refractivity contribution in [3.63, 3.8) is 0 Å². The van der Waals surface area contributed by atoms with E-state index in [1.54, 1.807) is 0 Å². The Kier molecular flexibility index (Phi) is 5.68. The minimum atomic E-state index is -1.04. The lowest BCUT2D eigenvalue weighted by Gasteiger charge is -2.22. The van der Waals surface area contributed by atoms with Crippen LogP contribution in [0.25, 0.3) is 0 Å². The zero-order valence-electron chi connectivity index (χ0n) is 13.0. The summed E-state index contributed by atoms with van der Waals surface area (Å²) in [6.45, 7) is 0. The SMILES string of the molecule is CN(c1c([N+](=O)[O-])cc([N+](=O)[O-])cc1[N+](=O)[O-])c1c(Cl)cc(F)c(Cl)c1Cl. The fraction of sp³-hybridized carbons (Fsp3) is 0.0769. The van der Waals surface area contributed by atoms with Crippen LogP contribution in [-0.4, -0.2) is 21.8 Å². The first-order chi connectivity index (χ1) is 12.5. The zero-order valence-corrected chi connectivity index (χ0v) is 15.3. The summed E-state index contributed by atoms with van der Waals surface area (Å²) in [7, 11) is 1.13. The van der Waals surface area contributed by atoms with Gasteiger partial charge in [0.15, 0.2) is 5.69 Å². The van der Waals surface area contributed by atoms with Crippen molar-refractivity contribution in [1.82, 2.24) is 0 Å². The number of hydrogen-bond acceptors (Lipinski definition) is 7. The van der Waals surface area contributed by atoms with Gasteiger partial charge in [0.1, 0.15) is 5.82 Å². The Morgan fingerprint density at radius 3 is 1.74 bits per heavy atom. The summed E-state index contributed by atoms with van der Waals surface area (Å²) in [5.41, 5.74) is -3.68. The van der Waals surface area contributed by atoms with Gasteiger partial charge in [-0.25, -0.2) is 4.39 Å². The molecule has 0 spiro atoms. The number of hydrogen-bond donors (Lipinski definition) is 0. The molecule has 0 bridgehead atoms. The van der Waals surface area contributed by atoms with Gasteiger partial charge in [-0.1, -0.05) is 34.8 Å². The van der Waals surface area contributed by atoms with Gasteiger partial charge in [-0.15, -0.1) is 0 Å². The molecular weight excluding hydrogens is 434 g/mol. The van der Waals surface area contributed by atoms with Gasteiger partial charge in [0.05, 0.1) is 47.7 Å². The molecule has 0 aliphatic heterocycles. The van der Waals surface area contributed by atoms with Crippen LogP contribution in [0.4, 0.5) is 32.8 Å². The zero-order chi connectivity index (χ0) is 20.6. The molecule has 0 aromatic heterocycles. The summed E-state index contributed by atoms with van der Waals surface area (Å²) < 4.78 is 13.6. The minimum absolute atomic E-state index is 0.259. The molecule has 2 aromatic carbocycles. The number of halogens is 4. The standard InChI is InChI=1S/C13H6Cl3FN4O6/c1-18(12-6(14)4-7(17)10(15)11(12)16)13-8(20(24)25)2-5(19(22)23)3-9(13)21(26)27/h2-4H,1H3. The third-order valence-electron chi connectivity index (χ3n) is 3.42. The number of rotatable bonds is 5. The van der Waals surface area contributed by atoms with Crippen molar-refractivity contribution in [2.75, 3.05) is 11.9 Å². The smallest absolute Gasteiger partial charge is 0.306 e. The first kappa shape index (κ1) is 20.6. The number of nitro benzene ring substituents is 3. The highest BCUT2D eigenvalue weighted by atomic mass is 35.5. The van der Waals surface area contributed by atoms with Gasteiger partial charge in [-0.2, -0.15) is 0 Å². The molecule has 0 unspecified atom stereocenters. The molecule has 2 rings (SSSR count). The summed E-state index contributed by atoms with van der Waals surface area (Å²) >= 11 is 17.6. The summed E-state index contributed by atoms with van der Waals surface area (Å²) in [5, 5.41) is 32.3. The number of benzene rings is 2. The number of nitrogens with zero attached hydrogens (tertiary/aromatic N) is 4. The minimum Gasteiger partial charge on any atom is -0.331 e. The van der Waals surface area contributed by atoms with Crippen molar-refractivity contribution in [1.29, 1.82) is 0 Å². The van der Waals surface area contributed by atoms with Crippen LogP contribution in [0.15, 0.2) is 18.2 Å². The van der Waals surface area contributed by atoms with Gasteiger partial charge in [-0.05, 0) is 6.07 Å². The topological polar surface area (TPSA) is 133 Å². The Labute approximate surface area is 164 Å². The Bertz CT molecular complexity index is 967. The summed E-state index contributed by atoms with van der Waals surface area (Å²) in [4.78, 5) is 31.4. The van der Waals surface area contributed by atoms with Gasteiger partial charge in [0.2, 0.25) is 0 Å². The number of nitro groups is 3. The average molecular weight is 440 g/mol. The van der Waals surface area contributed by atoms with Crippen LogP contribution in [0.2, 0.25) is 15.1 Å². The Balaban J connectivity index is 2.89. The molecule has 10 nitrogen and oxygen atoms in total. The second-order valence-electron chi connectivity index (χ2n) is 4.98. The highest BCUT2D eigenvalue weighted by Gasteiger charge is 2.35. The maximum atomic E-state index is 13.6. The van der Waals surface area contributed by atoms with E-state index in [0.29, 0.717) is 12.1 Å². The van der Waals surface area contributed by atoms with Crippen molar-refractivity contribution < 1.29 is 19.2 Å². The van der Waals surface area contributed by atoms with Crippen molar-refractivity contribution >= 4 is 63.2 Å². The van der Waals surface area contributed by atoms with Gasteiger partial charge in [0.25, 0.3) is 5.69 Å². The van der Waals surface area contributed by atoms with E-state index in [4.69, 9.17) is 34.8 Å². The quantitative estimate of drug-likeness (QED) is 0.268. The second kappa shape index (κ2) is 7.47. The van der Waals surface area contributed by atoms with E-state index in [0.717, 1.165) is 18.0 Å². The van der Waals surface area contributed by atoms with Gasteiger partial charge < -0.3 is 4.90 Å². The maximum Gasteiger partial charge on any atom is 0.306 e. The Hall–Kier alpha value is -2.76. The van der Waals surface area contributed by atoms with E-state index in [1.165, 1.54) is 0 Å². The van der Waals surface area contributed by atoms with Crippen molar-refractivity contribution in [3.8, 4) is 0 Å². The third-order valence-corrected chi connectivity index (χ3v) is 4.54. The van der Waals surface area contributed by atoms with E-state index >= 15 is 0 Å². The molecule has 0 aliphatic carbocycles. The van der Waals surface area contributed by atoms with Crippen LogP contribution in [0.1, 0.15) is 0 Å². The predicted molar refractivity (Wildman–Crippen MR) is 95.9 cm³/mol. The largest absolute Gasteiger partial charge is 0.331 e. The summed E-state index contributed by atoms with van der Waals surface area (Å²) in [6, 6.07) is 1.86. The van der Waals surface area contributed by atoms with E-state index in [9.17, 15) is 34.7 Å². The molecule has 0 saturated carbocycles. The van der Waals surface area contributed by atoms with Crippen LogP contribution >= 0.6 is 34.8 Å². The van der Waals surface area contributed by atoms with Crippen molar-refractivity contribution in [2.24, 2.45) is 0 Å². The van der Waals surface area contributed by atoms with Crippen LogP contribution in [0, 0.1) is 36.2 Å². The van der Waals surface area contributed by atoms with E-state index in [2.05, 4.69) is 0 Å². The first-order valence-electron chi connectivity index (χ1n) is 6.65. The van der Waals surface area contributed by atoms with Crippen LogP contribution in [0.3, 0.4) is 0 Å². The number of anilines is 2. The summed E-state index contributed by atoms with van der Waals surface area (Å²) in [5.74, 6) is -0.975. The predicted octanol–water partition coefficient (Wildman–Crippen LogP) is 5.28. The molecule has 0 amide bonds. The van der Waals surface area contributed by atoms with Crippen LogP contribution in [-0.2, 0) is 0 Å². The van der Waals surface area contributed by atoms with Crippen molar-refractivity contribution in [2.45, 2.75) is 0 Å². The highest BCUT2D eigenvalue weighted by molar-refractivity contribution is 6.46. The molecule has 0 radical (unpaired) electrons. The molecule has 0 fully saturated rings. The molecule has 27 heavy (non-hydrogen) atoms. The molecular formula is C13H6Cl3FN4O6. The Morgan fingerprint density at radius 2 is 1.33 bits per heavy atom. The molecule has 0 aliphatic rings. The fourth-order valence-corrected chi connectivity index (χ4v) is 3.12. The first-order valence-corrected chi connectivity index (χ1v) is 7.78. The molecule has 0 N–H and O–H groups in total. The summed E-state index contributed by atoms with van der Waals surface area (Å²) in [6.07, 6.45) is 0. The highest BCUT2D eigenvalue weighted by Crippen LogP contribution is 2.48. The average Bonchev–Trinajstić information content (AvgIpc) is 2.58. The van der Waals surface area contributed by atoms with Crippen LogP contribution in [0.5, 0.6) is 0 Å². The monoisotopic (exact) mass is 438 g/mol. The molecule has 0 heterocycles. The fourth-order valence-electron chi connectivity index (χ4n) is 2.29. The molecule has 0 atom stereocenters. The maximum absolute atomic E-state index is 13.6. The van der Waals surface area contributed by atoms with Crippen molar-refractivity contribution in [3.05, 3.63) is 69.4 Å². The lowest BCUT2D eigenvalue weighted by atomic mass is 10.1.